The van der Waals surface area contributed by atoms with Crippen LogP contribution in [0.15, 0.2) is 24.3 Å². The number of aliphatic hydroxyl groups is 1. The molecule has 0 bridgehead atoms. The Morgan fingerprint density at radius 3 is 2.09 bits per heavy atom. The van der Waals surface area contributed by atoms with Crippen molar-refractivity contribution in [3.63, 3.8) is 0 Å². The molecule has 0 saturated carbocycles. The topological polar surface area (TPSA) is 75.6 Å². The quantitative estimate of drug-likeness (QED) is 0.795. The first-order valence-electron chi connectivity index (χ1n) is 7.33. The molecule has 7 nitrogen and oxygen atoms in total. The van der Waals surface area contributed by atoms with Crippen molar-refractivity contribution in [2.75, 3.05) is 35.0 Å². The summed E-state index contributed by atoms with van der Waals surface area (Å²) in [4.78, 5) is 0. The fourth-order valence-electron chi connectivity index (χ4n) is 2.63. The second-order valence-electron chi connectivity index (χ2n) is 5.18. The van der Waals surface area contributed by atoms with E-state index >= 15 is 0 Å². The Hall–Kier alpha value is -1.38. The molecule has 0 spiro atoms. The third-order valence-electron chi connectivity index (χ3n) is 3.80. The Kier molecular flexibility index (Phi) is 6.61. The molecule has 1 aromatic carbocycles. The van der Waals surface area contributed by atoms with Crippen LogP contribution in [0.1, 0.15) is 0 Å². The third kappa shape index (κ3) is 4.13. The number of aliphatic hydroxyl groups excluding tert-OH is 1. The lowest BCUT2D eigenvalue weighted by molar-refractivity contribution is -0.287. The van der Waals surface area contributed by atoms with Crippen LogP contribution in [-0.4, -0.2) is 70.9 Å². The van der Waals surface area contributed by atoms with Crippen molar-refractivity contribution in [3.8, 4) is 11.5 Å². The predicted octanol–water partition coefficient (Wildman–Crippen LogP) is 0.836. The van der Waals surface area contributed by atoms with Gasteiger partial charge < -0.3 is 33.5 Å². The first-order chi connectivity index (χ1) is 11.1. The highest BCUT2D eigenvalue weighted by molar-refractivity contribution is 5.31. The molecule has 1 fully saturated rings. The monoisotopic (exact) mass is 328 g/mol. The minimum Gasteiger partial charge on any atom is -0.497 e. The Morgan fingerprint density at radius 1 is 0.957 bits per heavy atom. The van der Waals surface area contributed by atoms with Crippen molar-refractivity contribution in [2.24, 2.45) is 0 Å². The van der Waals surface area contributed by atoms with Gasteiger partial charge in [-0.15, -0.1) is 0 Å². The summed E-state index contributed by atoms with van der Waals surface area (Å²) < 4.78 is 32.6. The van der Waals surface area contributed by atoms with Gasteiger partial charge in [0.15, 0.2) is 0 Å². The fourth-order valence-corrected chi connectivity index (χ4v) is 2.63. The van der Waals surface area contributed by atoms with Crippen LogP contribution in [0.25, 0.3) is 0 Å². The molecule has 0 amide bonds. The molecule has 5 atom stereocenters. The summed E-state index contributed by atoms with van der Waals surface area (Å²) in [5.74, 6) is 1.27. The first kappa shape index (κ1) is 18.0. The molecule has 0 aliphatic carbocycles. The molecule has 1 aliphatic heterocycles. The van der Waals surface area contributed by atoms with Crippen molar-refractivity contribution < 1.29 is 33.5 Å². The van der Waals surface area contributed by atoms with E-state index in [2.05, 4.69) is 0 Å². The van der Waals surface area contributed by atoms with Crippen LogP contribution >= 0.6 is 0 Å². The summed E-state index contributed by atoms with van der Waals surface area (Å²) >= 11 is 0. The van der Waals surface area contributed by atoms with Gasteiger partial charge in [0.2, 0.25) is 6.29 Å². The number of ether oxygens (including phenoxy) is 6. The number of hydrogen-bond acceptors (Lipinski definition) is 7. The van der Waals surface area contributed by atoms with Crippen LogP contribution in [0, 0.1) is 0 Å². The number of rotatable bonds is 7. The third-order valence-corrected chi connectivity index (χ3v) is 3.80. The Bertz CT molecular complexity index is 464. The summed E-state index contributed by atoms with van der Waals surface area (Å²) in [6, 6.07) is 7.01. The van der Waals surface area contributed by atoms with Crippen LogP contribution < -0.4 is 9.47 Å². The molecule has 1 aliphatic rings. The molecule has 23 heavy (non-hydrogen) atoms. The van der Waals surface area contributed by atoms with Crippen molar-refractivity contribution in [1.82, 2.24) is 0 Å². The molecule has 0 unspecified atom stereocenters. The molecular weight excluding hydrogens is 304 g/mol. The number of benzene rings is 1. The normalized spacial score (nSPS) is 30.9. The highest BCUT2D eigenvalue weighted by Gasteiger charge is 2.47. The van der Waals surface area contributed by atoms with Gasteiger partial charge in [0.1, 0.15) is 35.9 Å². The van der Waals surface area contributed by atoms with Crippen molar-refractivity contribution >= 4 is 0 Å². The van der Waals surface area contributed by atoms with E-state index < -0.39 is 30.7 Å². The van der Waals surface area contributed by atoms with Crippen LogP contribution in [0.3, 0.4) is 0 Å². The number of hydrogen-bond donors (Lipinski definition) is 1. The van der Waals surface area contributed by atoms with E-state index in [0.29, 0.717) is 18.1 Å². The van der Waals surface area contributed by atoms with Crippen molar-refractivity contribution in [2.45, 2.75) is 30.7 Å². The van der Waals surface area contributed by atoms with E-state index in [0.717, 1.165) is 0 Å². The summed E-state index contributed by atoms with van der Waals surface area (Å²) in [6.45, 7) is 0.299. The molecule has 0 aromatic heterocycles. The standard InChI is InChI=1S/C16H24O7/c1-18-9-12-14(20-3)15(21-4)13(17)16(23-12)22-11-7-5-10(19-2)6-8-11/h5-8,12-17H,9H2,1-4H3/t12-,13-,14-,15-,16-/m1/s1. The summed E-state index contributed by atoms with van der Waals surface area (Å²) in [7, 11) is 6.22. The largest absolute Gasteiger partial charge is 0.497 e. The molecule has 1 heterocycles. The van der Waals surface area contributed by atoms with Crippen LogP contribution in [0.5, 0.6) is 11.5 Å². The lowest BCUT2D eigenvalue weighted by Crippen LogP contribution is -2.61. The molecular formula is C16H24O7. The molecule has 130 valence electrons. The molecule has 1 aromatic rings. The average Bonchev–Trinajstić information content (AvgIpc) is 2.58. The Morgan fingerprint density at radius 2 is 1.57 bits per heavy atom. The highest BCUT2D eigenvalue weighted by Crippen LogP contribution is 2.28. The molecule has 1 N–H and O–H groups in total. The highest BCUT2D eigenvalue weighted by atomic mass is 16.7. The van der Waals surface area contributed by atoms with Gasteiger partial charge in [-0.1, -0.05) is 0 Å². The van der Waals surface area contributed by atoms with Gasteiger partial charge in [-0.2, -0.15) is 0 Å². The Balaban J connectivity index is 2.12. The van der Waals surface area contributed by atoms with Gasteiger partial charge in [-0.05, 0) is 24.3 Å². The lowest BCUT2D eigenvalue weighted by Gasteiger charge is -2.42. The SMILES string of the molecule is COC[C@H]1O[C@@H](Oc2ccc(OC)cc2)[C@H](O)[C@@H](OC)[C@@H]1OC. The predicted molar refractivity (Wildman–Crippen MR) is 81.8 cm³/mol. The van der Waals surface area contributed by atoms with Crippen molar-refractivity contribution in [1.29, 1.82) is 0 Å². The van der Waals surface area contributed by atoms with Gasteiger partial charge in [0.05, 0.1) is 13.7 Å². The van der Waals surface area contributed by atoms with Gasteiger partial charge >= 0.3 is 0 Å². The van der Waals surface area contributed by atoms with Crippen LogP contribution in [0.2, 0.25) is 0 Å². The first-order valence-corrected chi connectivity index (χ1v) is 7.33. The lowest BCUT2D eigenvalue weighted by atomic mass is 9.98. The van der Waals surface area contributed by atoms with Gasteiger partial charge in [-0.3, -0.25) is 0 Å². The van der Waals surface area contributed by atoms with E-state index in [1.54, 1.807) is 45.6 Å². The second-order valence-corrected chi connectivity index (χ2v) is 5.18. The summed E-state index contributed by atoms with van der Waals surface area (Å²) in [5, 5.41) is 10.5. The zero-order valence-electron chi connectivity index (χ0n) is 13.8. The minimum absolute atomic E-state index is 0.299. The number of methoxy groups -OCH3 is 4. The molecule has 0 radical (unpaired) electrons. The van der Waals surface area contributed by atoms with E-state index in [9.17, 15) is 5.11 Å². The van der Waals surface area contributed by atoms with Crippen molar-refractivity contribution in [3.05, 3.63) is 24.3 Å². The maximum atomic E-state index is 10.5. The van der Waals surface area contributed by atoms with Gasteiger partial charge in [0, 0.05) is 21.3 Å². The maximum absolute atomic E-state index is 10.5. The Labute approximate surface area is 136 Å². The zero-order chi connectivity index (χ0) is 16.8. The van der Waals surface area contributed by atoms with E-state index in [-0.39, 0.29) is 0 Å². The second kappa shape index (κ2) is 8.47. The molecule has 2 rings (SSSR count). The van der Waals surface area contributed by atoms with Gasteiger partial charge in [-0.25, -0.2) is 0 Å². The van der Waals surface area contributed by atoms with Crippen LogP contribution in [-0.2, 0) is 18.9 Å². The van der Waals surface area contributed by atoms with Crippen LogP contribution in [0.4, 0.5) is 0 Å². The fraction of sp³-hybridized carbons (Fsp3) is 0.625. The summed E-state index contributed by atoms with van der Waals surface area (Å²) in [6.07, 6.45) is -3.34. The van der Waals surface area contributed by atoms with E-state index in [4.69, 9.17) is 28.4 Å². The van der Waals surface area contributed by atoms with E-state index in [1.165, 1.54) is 7.11 Å². The average molecular weight is 328 g/mol. The van der Waals surface area contributed by atoms with Gasteiger partial charge in [0.25, 0.3) is 0 Å². The molecule has 7 heteroatoms. The minimum atomic E-state index is -1.000. The zero-order valence-corrected chi connectivity index (χ0v) is 13.8. The molecule has 1 saturated heterocycles. The smallest absolute Gasteiger partial charge is 0.229 e. The maximum Gasteiger partial charge on any atom is 0.229 e. The van der Waals surface area contributed by atoms with E-state index in [1.807, 2.05) is 0 Å². The summed E-state index contributed by atoms with van der Waals surface area (Å²) in [5.41, 5.74) is 0.